The number of nitrogens with one attached hydrogen (secondary N) is 2. The highest BCUT2D eigenvalue weighted by Gasteiger charge is 2.25. The smallest absolute Gasteiger partial charge is 0.191 e. The number of piperidine rings is 1. The number of hydrogen-bond donors (Lipinski definition) is 2. The molecule has 2 N–H and O–H groups in total. The predicted molar refractivity (Wildman–Crippen MR) is 142 cm³/mol. The minimum Gasteiger partial charge on any atom is -0.354 e. The third kappa shape index (κ3) is 6.52. The first kappa shape index (κ1) is 24.7. The second-order valence-electron chi connectivity index (χ2n) is 8.05. The molecular weight excluding hydrogens is 533 g/mol. The van der Waals surface area contributed by atoms with Gasteiger partial charge in [-0.15, -0.1) is 35.3 Å². The van der Waals surface area contributed by atoms with Gasteiger partial charge in [-0.3, -0.25) is 14.5 Å². The van der Waals surface area contributed by atoms with Gasteiger partial charge in [0.05, 0.1) is 6.04 Å². The average Bonchev–Trinajstić information content (AvgIpc) is 3.52. The van der Waals surface area contributed by atoms with Gasteiger partial charge in [0, 0.05) is 43.6 Å². The first-order chi connectivity index (χ1) is 15.2. The summed E-state index contributed by atoms with van der Waals surface area (Å²) >= 11 is 1.84. The zero-order valence-electron chi connectivity index (χ0n) is 18.6. The van der Waals surface area contributed by atoms with Crippen LogP contribution in [0.5, 0.6) is 0 Å². The summed E-state index contributed by atoms with van der Waals surface area (Å²) in [6.07, 6.45) is 9.82. The monoisotopic (exact) mass is 565 g/mol. The minimum absolute atomic E-state index is 0. The maximum Gasteiger partial charge on any atom is 0.191 e. The van der Waals surface area contributed by atoms with Crippen LogP contribution < -0.4 is 10.6 Å². The summed E-state index contributed by atoms with van der Waals surface area (Å²) < 4.78 is 1.89. The van der Waals surface area contributed by atoms with E-state index in [1.165, 1.54) is 17.7 Å². The quantitative estimate of drug-likeness (QED) is 0.257. The molecule has 1 aliphatic heterocycles. The van der Waals surface area contributed by atoms with E-state index in [4.69, 9.17) is 0 Å². The van der Waals surface area contributed by atoms with E-state index in [0.717, 1.165) is 42.9 Å². The highest BCUT2D eigenvalue weighted by atomic mass is 127. The van der Waals surface area contributed by atoms with E-state index in [2.05, 4.69) is 61.0 Å². The molecule has 4 rings (SSSR count). The lowest BCUT2D eigenvalue weighted by atomic mass is 9.97. The lowest BCUT2D eigenvalue weighted by Crippen LogP contribution is -2.44. The number of likely N-dealkylation sites (tertiary alicyclic amines) is 1. The number of hydrogen-bond acceptors (Lipinski definition) is 5. The van der Waals surface area contributed by atoms with Crippen LogP contribution in [-0.2, 0) is 6.54 Å². The van der Waals surface area contributed by atoms with E-state index in [1.54, 1.807) is 12.5 Å². The van der Waals surface area contributed by atoms with Crippen LogP contribution in [0.25, 0.3) is 5.82 Å². The molecule has 0 aliphatic carbocycles. The molecule has 0 amide bonds. The number of rotatable bonds is 7. The Balaban J connectivity index is 0.00000289. The molecule has 1 unspecified atom stereocenters. The maximum absolute atomic E-state index is 4.52. The number of aromatic nitrogens is 3. The third-order valence-electron chi connectivity index (χ3n) is 5.86. The Bertz CT molecular complexity index is 933. The molecule has 1 aliphatic rings. The molecule has 1 saturated heterocycles. The van der Waals surface area contributed by atoms with Crippen LogP contribution in [0, 0.1) is 5.92 Å². The van der Waals surface area contributed by atoms with Gasteiger partial charge in [0.1, 0.15) is 12.1 Å². The van der Waals surface area contributed by atoms with Crippen molar-refractivity contribution in [2.24, 2.45) is 10.9 Å². The summed E-state index contributed by atoms with van der Waals surface area (Å²) in [6, 6.07) is 8.85. The van der Waals surface area contributed by atoms with Crippen molar-refractivity contribution in [2.75, 3.05) is 26.7 Å². The molecule has 3 aromatic rings. The normalized spacial score (nSPS) is 16.4. The lowest BCUT2D eigenvalue weighted by molar-refractivity contribution is 0.140. The average molecular weight is 566 g/mol. The van der Waals surface area contributed by atoms with Gasteiger partial charge in [0.2, 0.25) is 0 Å². The minimum atomic E-state index is 0. The van der Waals surface area contributed by atoms with Gasteiger partial charge in [0.15, 0.2) is 5.96 Å². The fourth-order valence-electron chi connectivity index (χ4n) is 3.90. The number of nitrogens with zero attached hydrogens (tertiary/aromatic N) is 5. The molecule has 7 nitrogen and oxygen atoms in total. The van der Waals surface area contributed by atoms with Gasteiger partial charge >= 0.3 is 0 Å². The van der Waals surface area contributed by atoms with Crippen LogP contribution in [0.1, 0.15) is 36.2 Å². The van der Waals surface area contributed by atoms with E-state index >= 15 is 0 Å². The van der Waals surface area contributed by atoms with Crippen LogP contribution in [-0.4, -0.2) is 52.1 Å². The fraction of sp³-hybridized carbons (Fsp3) is 0.435. The van der Waals surface area contributed by atoms with E-state index in [0.29, 0.717) is 12.6 Å². The molecule has 172 valence electrons. The Morgan fingerprint density at radius 2 is 2.09 bits per heavy atom. The Morgan fingerprint density at radius 3 is 2.72 bits per heavy atom. The first-order valence-electron chi connectivity index (χ1n) is 10.9. The van der Waals surface area contributed by atoms with Crippen LogP contribution in [0.2, 0.25) is 0 Å². The molecule has 1 atom stereocenters. The zero-order valence-corrected chi connectivity index (χ0v) is 21.8. The number of aliphatic imine (C=N–C) groups is 1. The molecular formula is C23H32IN7S. The number of thiophene rings is 1. The van der Waals surface area contributed by atoms with Crippen LogP contribution >= 0.6 is 35.3 Å². The lowest BCUT2D eigenvalue weighted by Gasteiger charge is -2.36. The topological polar surface area (TPSA) is 70.4 Å². The van der Waals surface area contributed by atoms with Gasteiger partial charge in [-0.2, -0.15) is 0 Å². The van der Waals surface area contributed by atoms with Gasteiger partial charge in [-0.1, -0.05) is 19.1 Å². The van der Waals surface area contributed by atoms with E-state index in [1.807, 2.05) is 41.4 Å². The molecule has 0 spiro atoms. The molecule has 9 heteroatoms. The SMILES string of the molecule is CN=C(NCc1ccc(-n2ccnc2)nc1)NCC(c1cccs1)N1CCC(C)CC1.I. The maximum atomic E-state index is 4.52. The van der Waals surface area contributed by atoms with Gasteiger partial charge in [-0.25, -0.2) is 9.97 Å². The van der Waals surface area contributed by atoms with Gasteiger partial charge in [0.25, 0.3) is 0 Å². The molecule has 4 heterocycles. The number of pyridine rings is 1. The third-order valence-corrected chi connectivity index (χ3v) is 6.83. The molecule has 3 aromatic heterocycles. The van der Waals surface area contributed by atoms with Crippen molar-refractivity contribution < 1.29 is 0 Å². The largest absolute Gasteiger partial charge is 0.354 e. The molecule has 1 fully saturated rings. The Hall–Kier alpha value is -1.98. The predicted octanol–water partition coefficient (Wildman–Crippen LogP) is 4.09. The van der Waals surface area contributed by atoms with E-state index < -0.39 is 0 Å². The summed E-state index contributed by atoms with van der Waals surface area (Å²) in [5, 5.41) is 9.13. The molecule has 0 saturated carbocycles. The number of guanidine groups is 1. The van der Waals surface area contributed by atoms with Crippen molar-refractivity contribution in [3.05, 3.63) is 65.0 Å². The highest BCUT2D eigenvalue weighted by molar-refractivity contribution is 14.0. The van der Waals surface area contributed by atoms with Gasteiger partial charge in [-0.05, 0) is 54.9 Å². The summed E-state index contributed by atoms with van der Waals surface area (Å²) in [4.78, 5) is 17.0. The van der Waals surface area contributed by atoms with Crippen molar-refractivity contribution in [1.82, 2.24) is 30.1 Å². The van der Waals surface area contributed by atoms with E-state index in [9.17, 15) is 0 Å². The molecule has 0 bridgehead atoms. The summed E-state index contributed by atoms with van der Waals surface area (Å²) in [7, 11) is 1.82. The Labute approximate surface area is 211 Å². The van der Waals surface area contributed by atoms with Crippen molar-refractivity contribution in [3.8, 4) is 5.82 Å². The second-order valence-corrected chi connectivity index (χ2v) is 9.03. The second kappa shape index (κ2) is 12.3. The first-order valence-corrected chi connectivity index (χ1v) is 11.8. The summed E-state index contributed by atoms with van der Waals surface area (Å²) in [6.45, 7) is 6.19. The van der Waals surface area contributed by atoms with Crippen molar-refractivity contribution in [1.29, 1.82) is 0 Å². The molecule has 0 radical (unpaired) electrons. The van der Waals surface area contributed by atoms with E-state index in [-0.39, 0.29) is 24.0 Å². The van der Waals surface area contributed by atoms with Crippen LogP contribution in [0.3, 0.4) is 0 Å². The number of imidazole rings is 1. The number of halogens is 1. The summed E-state index contributed by atoms with van der Waals surface area (Å²) in [5.41, 5.74) is 1.10. The fourth-order valence-corrected chi connectivity index (χ4v) is 4.76. The summed E-state index contributed by atoms with van der Waals surface area (Å²) in [5.74, 6) is 2.50. The Kier molecular flexibility index (Phi) is 9.49. The van der Waals surface area contributed by atoms with Crippen molar-refractivity contribution in [2.45, 2.75) is 32.4 Å². The van der Waals surface area contributed by atoms with Crippen molar-refractivity contribution in [3.63, 3.8) is 0 Å². The molecule has 32 heavy (non-hydrogen) atoms. The van der Waals surface area contributed by atoms with Crippen LogP contribution in [0.15, 0.2) is 59.6 Å². The molecule has 0 aromatic carbocycles. The van der Waals surface area contributed by atoms with Crippen LogP contribution in [0.4, 0.5) is 0 Å². The highest BCUT2D eigenvalue weighted by Crippen LogP contribution is 2.29. The standard InChI is InChI=1S/C23H31N7S.HI/c1-18-7-10-29(11-8-18)20(21-4-3-13-31-21)16-28-23(24-2)27-15-19-5-6-22(26-14-19)30-12-9-25-17-30;/h3-6,9,12-14,17-18,20H,7-8,10-11,15-16H2,1-2H3,(H2,24,27,28);1H. The van der Waals surface area contributed by atoms with Gasteiger partial charge < -0.3 is 10.6 Å². The zero-order chi connectivity index (χ0) is 21.5. The van der Waals surface area contributed by atoms with Crippen molar-refractivity contribution >= 4 is 41.3 Å². The Morgan fingerprint density at radius 1 is 1.25 bits per heavy atom.